The predicted molar refractivity (Wildman–Crippen MR) is 74.1 cm³/mol. The summed E-state index contributed by atoms with van der Waals surface area (Å²) in [6.45, 7) is 0. The van der Waals surface area contributed by atoms with Crippen molar-refractivity contribution in [3.63, 3.8) is 0 Å². The Hall–Kier alpha value is -1.69. The van der Waals surface area contributed by atoms with Crippen molar-refractivity contribution < 1.29 is 13.9 Å². The van der Waals surface area contributed by atoms with Gasteiger partial charge >= 0.3 is 0 Å². The molecule has 4 nitrogen and oxygen atoms in total. The van der Waals surface area contributed by atoms with Crippen LogP contribution in [0, 0.1) is 0 Å². The van der Waals surface area contributed by atoms with Crippen LogP contribution in [-0.4, -0.2) is 19.2 Å². The van der Waals surface area contributed by atoms with Crippen molar-refractivity contribution in [3.8, 4) is 10.6 Å². The molecule has 3 aromatic rings. The van der Waals surface area contributed by atoms with E-state index in [1.807, 2.05) is 17.5 Å². The van der Waals surface area contributed by atoms with Crippen LogP contribution in [0.1, 0.15) is 12.0 Å². The highest BCUT2D eigenvalue weighted by Gasteiger charge is 2.14. The van der Waals surface area contributed by atoms with Gasteiger partial charge in [0.15, 0.2) is 0 Å². The lowest BCUT2D eigenvalue weighted by Gasteiger charge is -2.09. The van der Waals surface area contributed by atoms with Gasteiger partial charge in [0.25, 0.3) is 0 Å². The third-order valence-corrected chi connectivity index (χ3v) is 3.82. The van der Waals surface area contributed by atoms with Gasteiger partial charge in [0.05, 0.1) is 12.5 Å². The molecule has 0 aliphatic carbocycles. The van der Waals surface area contributed by atoms with E-state index in [-0.39, 0.29) is 0 Å². The molecule has 0 amide bonds. The van der Waals surface area contributed by atoms with Gasteiger partial charge in [-0.2, -0.15) is 0 Å². The summed E-state index contributed by atoms with van der Waals surface area (Å²) in [5, 5.41) is 5.06. The Morgan fingerprint density at radius 1 is 1.16 bits per heavy atom. The Labute approximate surface area is 114 Å². The number of aromatic nitrogens is 1. The van der Waals surface area contributed by atoms with Gasteiger partial charge < -0.3 is 13.9 Å². The molecule has 0 spiro atoms. The number of thiazole rings is 1. The van der Waals surface area contributed by atoms with E-state index in [9.17, 15) is 0 Å². The van der Waals surface area contributed by atoms with Gasteiger partial charge in [0, 0.05) is 35.9 Å². The second-order valence-corrected chi connectivity index (χ2v) is 4.95. The largest absolute Gasteiger partial charge is 0.471 e. The highest BCUT2D eigenvalue weighted by atomic mass is 32.1. The molecule has 0 aliphatic rings. The van der Waals surface area contributed by atoms with Crippen molar-refractivity contribution >= 4 is 22.1 Å². The van der Waals surface area contributed by atoms with Crippen molar-refractivity contribution in [2.75, 3.05) is 14.2 Å². The zero-order valence-electron chi connectivity index (χ0n) is 10.6. The quantitative estimate of drug-likeness (QED) is 0.678. The van der Waals surface area contributed by atoms with Gasteiger partial charge in [-0.25, -0.2) is 4.98 Å². The zero-order chi connectivity index (χ0) is 13.2. The molecule has 0 saturated heterocycles. The molecule has 0 radical (unpaired) electrons. The molecule has 3 rings (SSSR count). The first kappa shape index (κ1) is 12.3. The molecule has 19 heavy (non-hydrogen) atoms. The van der Waals surface area contributed by atoms with Crippen LogP contribution in [0.25, 0.3) is 21.3 Å². The lowest BCUT2D eigenvalue weighted by molar-refractivity contribution is -0.108. The maximum atomic E-state index is 5.20. The third kappa shape index (κ3) is 2.28. The molecule has 2 aromatic heterocycles. The summed E-state index contributed by atoms with van der Waals surface area (Å²) in [7, 11) is 3.20. The molecule has 98 valence electrons. The van der Waals surface area contributed by atoms with Crippen molar-refractivity contribution in [1.29, 1.82) is 0 Å². The fraction of sp³-hybridized carbons (Fsp3) is 0.214. The van der Waals surface area contributed by atoms with Crippen LogP contribution >= 0.6 is 11.3 Å². The van der Waals surface area contributed by atoms with Crippen molar-refractivity contribution in [2.24, 2.45) is 0 Å². The zero-order valence-corrected chi connectivity index (χ0v) is 11.4. The number of fused-ring (bicyclic) bond motifs is 1. The van der Waals surface area contributed by atoms with E-state index in [4.69, 9.17) is 13.9 Å². The maximum absolute atomic E-state index is 5.20. The molecule has 0 atom stereocenters. The second kappa shape index (κ2) is 5.13. The summed E-state index contributed by atoms with van der Waals surface area (Å²) in [6, 6.07) is 6.13. The first-order chi connectivity index (χ1) is 9.31. The molecule has 0 fully saturated rings. The minimum atomic E-state index is -0.414. The Balaban J connectivity index is 1.97. The molecule has 5 heteroatoms. The molecule has 0 unspecified atom stereocenters. The number of rotatable bonds is 4. The van der Waals surface area contributed by atoms with Gasteiger partial charge in [-0.05, 0) is 6.07 Å². The molecule has 0 aliphatic heterocycles. The summed E-state index contributed by atoms with van der Waals surface area (Å²) >= 11 is 1.57. The minimum Gasteiger partial charge on any atom is -0.471 e. The molecule has 0 bridgehead atoms. The first-order valence-corrected chi connectivity index (χ1v) is 6.67. The SMILES string of the molecule is COC(OC)c1csc(-c2ccc3cocc3c2)n1. The van der Waals surface area contributed by atoms with Crippen LogP contribution in [0.15, 0.2) is 40.5 Å². The van der Waals surface area contributed by atoms with Crippen LogP contribution in [-0.2, 0) is 9.47 Å². The summed E-state index contributed by atoms with van der Waals surface area (Å²) in [6.07, 6.45) is 3.06. The van der Waals surface area contributed by atoms with Crippen molar-refractivity contribution in [3.05, 3.63) is 41.8 Å². The highest BCUT2D eigenvalue weighted by molar-refractivity contribution is 7.13. The highest BCUT2D eigenvalue weighted by Crippen LogP contribution is 2.30. The van der Waals surface area contributed by atoms with Gasteiger partial charge in [-0.15, -0.1) is 11.3 Å². The van der Waals surface area contributed by atoms with E-state index in [0.29, 0.717) is 0 Å². The van der Waals surface area contributed by atoms with Crippen LogP contribution in [0.4, 0.5) is 0 Å². The molecule has 1 aromatic carbocycles. The summed E-state index contributed by atoms with van der Waals surface area (Å²) in [5.74, 6) is 0. The predicted octanol–water partition coefficient (Wildman–Crippen LogP) is 3.85. The number of hydrogen-bond donors (Lipinski definition) is 0. The van der Waals surface area contributed by atoms with Gasteiger partial charge in [0.1, 0.15) is 10.7 Å². The standard InChI is InChI=1S/C14H13NO3S/c1-16-14(17-2)12-8-19-13(15-12)9-3-4-10-6-18-7-11(10)5-9/h3-8,14H,1-2H3. The fourth-order valence-electron chi connectivity index (χ4n) is 1.96. The minimum absolute atomic E-state index is 0.414. The second-order valence-electron chi connectivity index (χ2n) is 4.10. The number of benzene rings is 1. The lowest BCUT2D eigenvalue weighted by Crippen LogP contribution is -2.03. The number of nitrogens with zero attached hydrogens (tertiary/aromatic N) is 1. The van der Waals surface area contributed by atoms with Crippen LogP contribution in [0.2, 0.25) is 0 Å². The number of ether oxygens (including phenoxy) is 2. The smallest absolute Gasteiger partial charge is 0.201 e. The molecule has 0 saturated carbocycles. The Kier molecular flexibility index (Phi) is 3.33. The molecular weight excluding hydrogens is 262 g/mol. The van der Waals surface area contributed by atoms with Gasteiger partial charge in [-0.3, -0.25) is 0 Å². The fourth-order valence-corrected chi connectivity index (χ4v) is 2.78. The van der Waals surface area contributed by atoms with E-state index in [0.717, 1.165) is 27.0 Å². The normalized spacial score (nSPS) is 11.5. The molecule has 2 heterocycles. The Morgan fingerprint density at radius 3 is 2.74 bits per heavy atom. The van der Waals surface area contributed by atoms with Crippen LogP contribution in [0.3, 0.4) is 0 Å². The van der Waals surface area contributed by atoms with E-state index >= 15 is 0 Å². The Bertz CT molecular complexity index is 685. The van der Waals surface area contributed by atoms with Gasteiger partial charge in [0.2, 0.25) is 6.29 Å². The third-order valence-electron chi connectivity index (χ3n) is 2.92. The van der Waals surface area contributed by atoms with Gasteiger partial charge in [-0.1, -0.05) is 12.1 Å². The van der Waals surface area contributed by atoms with Crippen molar-refractivity contribution in [1.82, 2.24) is 4.98 Å². The van der Waals surface area contributed by atoms with E-state index in [2.05, 4.69) is 11.1 Å². The average molecular weight is 275 g/mol. The topological polar surface area (TPSA) is 44.5 Å². The van der Waals surface area contributed by atoms with Crippen LogP contribution < -0.4 is 0 Å². The number of methoxy groups -OCH3 is 2. The maximum Gasteiger partial charge on any atom is 0.201 e. The summed E-state index contributed by atoms with van der Waals surface area (Å²) in [5.41, 5.74) is 1.85. The lowest BCUT2D eigenvalue weighted by atomic mass is 10.1. The summed E-state index contributed by atoms with van der Waals surface area (Å²) in [4.78, 5) is 4.55. The monoisotopic (exact) mass is 275 g/mol. The van der Waals surface area contributed by atoms with E-state index in [1.54, 1.807) is 38.1 Å². The first-order valence-electron chi connectivity index (χ1n) is 5.79. The van der Waals surface area contributed by atoms with E-state index < -0.39 is 6.29 Å². The number of furan rings is 1. The molecular formula is C14H13NO3S. The Morgan fingerprint density at radius 2 is 1.95 bits per heavy atom. The van der Waals surface area contributed by atoms with Crippen LogP contribution in [0.5, 0.6) is 0 Å². The average Bonchev–Trinajstić information content (AvgIpc) is 3.08. The summed E-state index contributed by atoms with van der Waals surface area (Å²) < 4.78 is 15.6. The van der Waals surface area contributed by atoms with E-state index in [1.165, 1.54) is 0 Å². The number of hydrogen-bond acceptors (Lipinski definition) is 5. The van der Waals surface area contributed by atoms with Crippen molar-refractivity contribution in [2.45, 2.75) is 6.29 Å². The molecule has 0 N–H and O–H groups in total.